The molecule has 0 atom stereocenters. The summed E-state index contributed by atoms with van der Waals surface area (Å²) in [7, 11) is 0. The van der Waals surface area contributed by atoms with Crippen molar-refractivity contribution in [1.29, 1.82) is 0 Å². The van der Waals surface area contributed by atoms with Gasteiger partial charge in [0.2, 0.25) is 0 Å². The smallest absolute Gasteiger partial charge is 0.283 e. The third-order valence-electron chi connectivity index (χ3n) is 3.66. The fraction of sp³-hybridized carbons (Fsp3) is 0.333. The highest BCUT2D eigenvalue weighted by molar-refractivity contribution is 7.14. The molecule has 1 saturated heterocycles. The second-order valence-electron chi connectivity index (χ2n) is 5.41. The van der Waals surface area contributed by atoms with Crippen molar-refractivity contribution in [3.8, 4) is 0 Å². The lowest BCUT2D eigenvalue weighted by atomic mass is 10.1. The second kappa shape index (κ2) is 7.87. The molecule has 2 aromatic rings. The average molecular weight is 383 g/mol. The number of thiazole rings is 1. The Labute approximate surface area is 152 Å². The van der Waals surface area contributed by atoms with Gasteiger partial charge in [0.05, 0.1) is 23.8 Å². The van der Waals surface area contributed by atoms with Gasteiger partial charge >= 0.3 is 0 Å². The number of anilines is 1. The number of amides is 1. The molecule has 1 amide bonds. The minimum Gasteiger partial charge on any atom is -0.379 e. The molecule has 1 aromatic heterocycles. The van der Waals surface area contributed by atoms with Gasteiger partial charge in [0.15, 0.2) is 5.13 Å². The summed E-state index contributed by atoms with van der Waals surface area (Å²) in [6, 6.07) is 3.93. The maximum Gasteiger partial charge on any atom is 0.283 e. The monoisotopic (exact) mass is 382 g/mol. The molecule has 0 spiro atoms. The first kappa shape index (κ1) is 17.7. The van der Waals surface area contributed by atoms with Gasteiger partial charge in [0.25, 0.3) is 11.6 Å². The van der Waals surface area contributed by atoms with Gasteiger partial charge < -0.3 is 4.74 Å². The molecule has 1 fully saturated rings. The van der Waals surface area contributed by atoms with Crippen LogP contribution in [-0.4, -0.2) is 47.0 Å². The molecule has 0 bridgehead atoms. The van der Waals surface area contributed by atoms with Crippen LogP contribution in [0.4, 0.5) is 10.8 Å². The number of benzene rings is 1. The molecule has 1 N–H and O–H groups in total. The Morgan fingerprint density at radius 1 is 1.44 bits per heavy atom. The Balaban J connectivity index is 1.68. The van der Waals surface area contributed by atoms with Crippen LogP contribution in [0, 0.1) is 10.1 Å². The number of morpholine rings is 1. The number of carbonyl (C=O) groups is 1. The van der Waals surface area contributed by atoms with Gasteiger partial charge in [-0.1, -0.05) is 11.6 Å². The number of ether oxygens (including phenoxy) is 1. The highest BCUT2D eigenvalue weighted by Gasteiger charge is 2.21. The predicted molar refractivity (Wildman–Crippen MR) is 94.3 cm³/mol. The molecule has 0 radical (unpaired) electrons. The second-order valence-corrected chi connectivity index (χ2v) is 6.70. The van der Waals surface area contributed by atoms with Gasteiger partial charge in [0, 0.05) is 36.1 Å². The fourth-order valence-corrected chi connectivity index (χ4v) is 3.30. The zero-order valence-corrected chi connectivity index (χ0v) is 14.7. The summed E-state index contributed by atoms with van der Waals surface area (Å²) in [5.74, 6) is -0.587. The van der Waals surface area contributed by atoms with Crippen LogP contribution in [0.3, 0.4) is 0 Å². The lowest BCUT2D eigenvalue weighted by molar-refractivity contribution is -0.385. The number of rotatable bonds is 5. The third kappa shape index (κ3) is 4.51. The standard InChI is InChI=1S/C15H15ClN4O4S/c16-10-1-2-12(13(7-10)20(22)23)14(21)18-15-17-11(9-25-15)8-19-3-5-24-6-4-19/h1-2,7,9H,3-6,8H2,(H,17,18,21). The number of aromatic nitrogens is 1. The topological polar surface area (TPSA) is 97.6 Å². The summed E-state index contributed by atoms with van der Waals surface area (Å²) in [4.78, 5) is 29.4. The molecule has 1 aliphatic heterocycles. The number of hydrogen-bond donors (Lipinski definition) is 1. The van der Waals surface area contributed by atoms with E-state index < -0.39 is 10.8 Å². The number of nitrogens with zero attached hydrogens (tertiary/aromatic N) is 3. The van der Waals surface area contributed by atoms with Crippen LogP contribution in [0.15, 0.2) is 23.6 Å². The minimum atomic E-state index is -0.632. The van der Waals surface area contributed by atoms with Crippen molar-refractivity contribution in [3.05, 3.63) is 50.0 Å². The van der Waals surface area contributed by atoms with Gasteiger partial charge in [0.1, 0.15) is 5.56 Å². The Bertz CT molecular complexity index is 792. The Morgan fingerprint density at radius 3 is 2.92 bits per heavy atom. The summed E-state index contributed by atoms with van der Waals surface area (Å²) < 4.78 is 5.30. The van der Waals surface area contributed by atoms with Crippen molar-refractivity contribution < 1.29 is 14.5 Å². The first-order valence-electron chi connectivity index (χ1n) is 7.53. The molecule has 1 aromatic carbocycles. The number of carbonyl (C=O) groups excluding carboxylic acids is 1. The molecule has 3 rings (SSSR count). The highest BCUT2D eigenvalue weighted by atomic mass is 35.5. The lowest BCUT2D eigenvalue weighted by Crippen LogP contribution is -2.35. The normalized spacial score (nSPS) is 15.1. The van der Waals surface area contributed by atoms with E-state index in [1.165, 1.54) is 23.5 Å². The van der Waals surface area contributed by atoms with Crippen LogP contribution < -0.4 is 5.32 Å². The van der Waals surface area contributed by atoms with Crippen molar-refractivity contribution in [3.63, 3.8) is 0 Å². The van der Waals surface area contributed by atoms with E-state index >= 15 is 0 Å². The van der Waals surface area contributed by atoms with Crippen LogP contribution in [0.25, 0.3) is 0 Å². The van der Waals surface area contributed by atoms with Gasteiger partial charge in [-0.15, -0.1) is 11.3 Å². The molecule has 2 heterocycles. The van der Waals surface area contributed by atoms with E-state index in [2.05, 4.69) is 15.2 Å². The van der Waals surface area contributed by atoms with Crippen LogP contribution in [0.5, 0.6) is 0 Å². The van der Waals surface area contributed by atoms with Crippen molar-refractivity contribution in [1.82, 2.24) is 9.88 Å². The predicted octanol–water partition coefficient (Wildman–Crippen LogP) is 2.79. The molecule has 25 heavy (non-hydrogen) atoms. The number of nitro groups is 1. The van der Waals surface area contributed by atoms with Crippen LogP contribution in [0.1, 0.15) is 16.1 Å². The van der Waals surface area contributed by atoms with E-state index in [1.54, 1.807) is 0 Å². The Morgan fingerprint density at radius 2 is 2.20 bits per heavy atom. The number of hydrogen-bond acceptors (Lipinski definition) is 7. The average Bonchev–Trinajstić information content (AvgIpc) is 3.02. The SMILES string of the molecule is O=C(Nc1nc(CN2CCOCC2)cs1)c1ccc(Cl)cc1[N+](=O)[O-]. The molecular formula is C15H15ClN4O4S. The molecular weight excluding hydrogens is 368 g/mol. The van der Waals surface area contributed by atoms with Crippen molar-refractivity contribution >= 4 is 39.7 Å². The van der Waals surface area contributed by atoms with Crippen molar-refractivity contribution in [2.24, 2.45) is 0 Å². The van der Waals surface area contributed by atoms with Crippen molar-refractivity contribution in [2.45, 2.75) is 6.54 Å². The summed E-state index contributed by atoms with van der Waals surface area (Å²) in [5, 5.41) is 16.2. The number of halogens is 1. The molecule has 10 heteroatoms. The van der Waals surface area contributed by atoms with E-state index in [1.807, 2.05) is 5.38 Å². The maximum atomic E-state index is 12.3. The zero-order chi connectivity index (χ0) is 17.8. The van der Waals surface area contributed by atoms with E-state index in [4.69, 9.17) is 16.3 Å². The van der Waals surface area contributed by atoms with Gasteiger partial charge in [-0.2, -0.15) is 0 Å². The Kier molecular flexibility index (Phi) is 5.59. The van der Waals surface area contributed by atoms with E-state index in [0.29, 0.717) is 24.9 Å². The molecule has 0 unspecified atom stereocenters. The van der Waals surface area contributed by atoms with E-state index in [-0.39, 0.29) is 16.3 Å². The maximum absolute atomic E-state index is 12.3. The fourth-order valence-electron chi connectivity index (χ4n) is 2.44. The summed E-state index contributed by atoms with van der Waals surface area (Å²) in [5.41, 5.74) is 0.447. The molecule has 132 valence electrons. The summed E-state index contributed by atoms with van der Waals surface area (Å²) in [6.45, 7) is 3.77. The molecule has 0 saturated carbocycles. The minimum absolute atomic E-state index is 0.0562. The van der Waals surface area contributed by atoms with E-state index in [0.717, 1.165) is 24.8 Å². The summed E-state index contributed by atoms with van der Waals surface area (Å²) >= 11 is 7.04. The van der Waals surface area contributed by atoms with E-state index in [9.17, 15) is 14.9 Å². The lowest BCUT2D eigenvalue weighted by Gasteiger charge is -2.25. The number of nitro benzene ring substituents is 1. The first-order chi connectivity index (χ1) is 12.0. The Hall–Kier alpha value is -2.07. The quantitative estimate of drug-likeness (QED) is 0.630. The highest BCUT2D eigenvalue weighted by Crippen LogP contribution is 2.25. The van der Waals surface area contributed by atoms with Crippen LogP contribution >= 0.6 is 22.9 Å². The third-order valence-corrected chi connectivity index (χ3v) is 4.70. The molecule has 0 aliphatic carbocycles. The van der Waals surface area contributed by atoms with Crippen LogP contribution in [0.2, 0.25) is 5.02 Å². The summed E-state index contributed by atoms with van der Waals surface area (Å²) in [6.07, 6.45) is 0. The van der Waals surface area contributed by atoms with Gasteiger partial charge in [-0.05, 0) is 12.1 Å². The van der Waals surface area contributed by atoms with Gasteiger partial charge in [-0.3, -0.25) is 25.1 Å². The molecule has 8 nitrogen and oxygen atoms in total. The largest absolute Gasteiger partial charge is 0.379 e. The zero-order valence-electron chi connectivity index (χ0n) is 13.1. The van der Waals surface area contributed by atoms with Crippen LogP contribution in [-0.2, 0) is 11.3 Å². The van der Waals surface area contributed by atoms with Crippen molar-refractivity contribution in [2.75, 3.05) is 31.6 Å². The van der Waals surface area contributed by atoms with Gasteiger partial charge in [-0.25, -0.2) is 4.98 Å². The molecule has 1 aliphatic rings. The number of nitrogens with one attached hydrogen (secondary N) is 1. The first-order valence-corrected chi connectivity index (χ1v) is 8.78.